The fraction of sp³-hybridized carbons (Fsp3) is 0.417. The lowest BCUT2D eigenvalue weighted by Crippen LogP contribution is -2.59. The number of benzene rings is 1. The Bertz CT molecular complexity index is 455. The molecule has 1 saturated heterocycles. The molecule has 2 rings (SSSR count). The SMILES string of the molecule is CC1(c2ccc(C(F)(F)F)cc2)NCCNC1=O. The second kappa shape index (κ2) is 4.28. The maximum Gasteiger partial charge on any atom is 0.416 e. The first-order chi connectivity index (χ1) is 8.34. The van der Waals surface area contributed by atoms with Gasteiger partial charge < -0.3 is 5.32 Å². The van der Waals surface area contributed by atoms with Crippen LogP contribution in [0, 0.1) is 0 Å². The summed E-state index contributed by atoms with van der Waals surface area (Å²) in [5.74, 6) is -0.228. The summed E-state index contributed by atoms with van der Waals surface area (Å²) in [6, 6.07) is 4.65. The highest BCUT2D eigenvalue weighted by Gasteiger charge is 2.37. The summed E-state index contributed by atoms with van der Waals surface area (Å²) < 4.78 is 37.3. The largest absolute Gasteiger partial charge is 0.416 e. The van der Waals surface area contributed by atoms with Crippen LogP contribution in [0.1, 0.15) is 18.1 Å². The molecule has 1 aliphatic rings. The Hall–Kier alpha value is -1.56. The van der Waals surface area contributed by atoms with Crippen molar-refractivity contribution in [3.63, 3.8) is 0 Å². The van der Waals surface area contributed by atoms with Gasteiger partial charge in [-0.15, -0.1) is 0 Å². The van der Waals surface area contributed by atoms with Crippen molar-refractivity contribution in [1.29, 1.82) is 0 Å². The molecule has 1 fully saturated rings. The Morgan fingerprint density at radius 1 is 1.17 bits per heavy atom. The number of amides is 1. The van der Waals surface area contributed by atoms with Crippen LogP contribution in [0.25, 0.3) is 0 Å². The van der Waals surface area contributed by atoms with E-state index in [4.69, 9.17) is 0 Å². The standard InChI is InChI=1S/C12H13F3N2O/c1-11(10(18)16-6-7-17-11)8-2-4-9(5-3-8)12(13,14)15/h2-5,17H,6-7H2,1H3,(H,16,18). The number of alkyl halides is 3. The van der Waals surface area contributed by atoms with Crippen LogP contribution in [0.15, 0.2) is 24.3 Å². The van der Waals surface area contributed by atoms with Gasteiger partial charge in [0.05, 0.1) is 5.56 Å². The molecular formula is C12H13F3N2O. The summed E-state index contributed by atoms with van der Waals surface area (Å²) in [6.07, 6.45) is -4.36. The Morgan fingerprint density at radius 3 is 2.28 bits per heavy atom. The summed E-state index contributed by atoms with van der Waals surface area (Å²) in [5.41, 5.74) is -1.17. The van der Waals surface area contributed by atoms with E-state index in [1.165, 1.54) is 12.1 Å². The molecule has 98 valence electrons. The highest BCUT2D eigenvalue weighted by Crippen LogP contribution is 2.31. The van der Waals surface area contributed by atoms with E-state index in [2.05, 4.69) is 10.6 Å². The van der Waals surface area contributed by atoms with E-state index < -0.39 is 17.3 Å². The molecule has 0 aromatic heterocycles. The monoisotopic (exact) mass is 258 g/mol. The minimum atomic E-state index is -4.36. The summed E-state index contributed by atoms with van der Waals surface area (Å²) in [5, 5.41) is 5.72. The molecule has 0 saturated carbocycles. The first-order valence-electron chi connectivity index (χ1n) is 5.55. The van der Waals surface area contributed by atoms with Gasteiger partial charge in [-0.05, 0) is 24.6 Å². The van der Waals surface area contributed by atoms with Gasteiger partial charge in [-0.25, -0.2) is 0 Å². The zero-order chi connectivity index (χ0) is 13.4. The van der Waals surface area contributed by atoms with Crippen LogP contribution in [0.4, 0.5) is 13.2 Å². The van der Waals surface area contributed by atoms with E-state index in [1.807, 2.05) is 0 Å². The number of rotatable bonds is 1. The van der Waals surface area contributed by atoms with E-state index in [0.717, 1.165) is 12.1 Å². The summed E-state index contributed by atoms with van der Waals surface area (Å²) in [4.78, 5) is 11.8. The van der Waals surface area contributed by atoms with E-state index >= 15 is 0 Å². The molecule has 18 heavy (non-hydrogen) atoms. The summed E-state index contributed by atoms with van der Waals surface area (Å²) >= 11 is 0. The van der Waals surface area contributed by atoms with Gasteiger partial charge in [-0.3, -0.25) is 10.1 Å². The zero-order valence-electron chi connectivity index (χ0n) is 9.77. The molecule has 1 aliphatic heterocycles. The van der Waals surface area contributed by atoms with Crippen LogP contribution < -0.4 is 10.6 Å². The lowest BCUT2D eigenvalue weighted by molar-refractivity contribution is -0.137. The predicted molar refractivity (Wildman–Crippen MR) is 59.8 cm³/mol. The van der Waals surface area contributed by atoms with Gasteiger partial charge in [-0.2, -0.15) is 13.2 Å². The number of piperazine rings is 1. The second-order valence-corrected chi connectivity index (χ2v) is 4.38. The van der Waals surface area contributed by atoms with E-state index in [1.54, 1.807) is 6.92 Å². The first-order valence-corrected chi connectivity index (χ1v) is 5.55. The quantitative estimate of drug-likeness (QED) is 0.804. The third-order valence-electron chi connectivity index (χ3n) is 3.13. The van der Waals surface area contributed by atoms with Crippen LogP contribution >= 0.6 is 0 Å². The van der Waals surface area contributed by atoms with Gasteiger partial charge in [-0.1, -0.05) is 12.1 Å². The number of halogens is 3. The maximum absolute atomic E-state index is 12.4. The van der Waals surface area contributed by atoms with Crippen LogP contribution in [0.3, 0.4) is 0 Å². The molecule has 1 aromatic carbocycles. The maximum atomic E-state index is 12.4. The molecule has 1 amide bonds. The van der Waals surface area contributed by atoms with E-state index in [-0.39, 0.29) is 5.91 Å². The van der Waals surface area contributed by atoms with Gasteiger partial charge in [0.15, 0.2) is 0 Å². The van der Waals surface area contributed by atoms with Gasteiger partial charge in [0, 0.05) is 13.1 Å². The Balaban J connectivity index is 2.31. The number of hydrogen-bond acceptors (Lipinski definition) is 2. The second-order valence-electron chi connectivity index (χ2n) is 4.38. The van der Waals surface area contributed by atoms with Crippen LogP contribution in [-0.2, 0) is 16.5 Å². The van der Waals surface area contributed by atoms with Crippen LogP contribution in [0.2, 0.25) is 0 Å². The Kier molecular flexibility index (Phi) is 3.06. The van der Waals surface area contributed by atoms with Gasteiger partial charge >= 0.3 is 6.18 Å². The van der Waals surface area contributed by atoms with Crippen LogP contribution in [0.5, 0.6) is 0 Å². The lowest BCUT2D eigenvalue weighted by Gasteiger charge is -2.34. The van der Waals surface area contributed by atoms with Crippen molar-refractivity contribution in [2.24, 2.45) is 0 Å². The topological polar surface area (TPSA) is 41.1 Å². The molecule has 1 aromatic rings. The van der Waals surface area contributed by atoms with Crippen molar-refractivity contribution in [3.05, 3.63) is 35.4 Å². The van der Waals surface area contributed by atoms with Crippen molar-refractivity contribution in [2.45, 2.75) is 18.6 Å². The normalized spacial score (nSPS) is 24.8. The molecule has 0 aliphatic carbocycles. The fourth-order valence-electron chi connectivity index (χ4n) is 1.97. The van der Waals surface area contributed by atoms with Crippen molar-refractivity contribution < 1.29 is 18.0 Å². The van der Waals surface area contributed by atoms with Crippen molar-refractivity contribution in [3.8, 4) is 0 Å². The number of carbonyl (C=O) groups is 1. The van der Waals surface area contributed by atoms with Crippen molar-refractivity contribution in [1.82, 2.24) is 10.6 Å². The highest BCUT2D eigenvalue weighted by molar-refractivity contribution is 5.88. The minimum absolute atomic E-state index is 0.228. The Labute approximate surface area is 102 Å². The molecule has 0 spiro atoms. The molecule has 0 radical (unpaired) electrons. The first kappa shape index (κ1) is 12.9. The molecule has 2 N–H and O–H groups in total. The van der Waals surface area contributed by atoms with E-state index in [9.17, 15) is 18.0 Å². The molecule has 6 heteroatoms. The molecule has 0 bridgehead atoms. The van der Waals surface area contributed by atoms with Crippen LogP contribution in [-0.4, -0.2) is 19.0 Å². The molecule has 1 unspecified atom stereocenters. The van der Waals surface area contributed by atoms with Gasteiger partial charge in [0.1, 0.15) is 5.54 Å². The summed E-state index contributed by atoms with van der Waals surface area (Å²) in [6.45, 7) is 2.77. The molecule has 3 nitrogen and oxygen atoms in total. The van der Waals surface area contributed by atoms with Crippen molar-refractivity contribution in [2.75, 3.05) is 13.1 Å². The summed E-state index contributed by atoms with van der Waals surface area (Å²) in [7, 11) is 0. The highest BCUT2D eigenvalue weighted by atomic mass is 19.4. The molecule has 1 heterocycles. The lowest BCUT2D eigenvalue weighted by atomic mass is 9.89. The molecule has 1 atom stereocenters. The Morgan fingerprint density at radius 2 is 1.78 bits per heavy atom. The zero-order valence-corrected chi connectivity index (χ0v) is 9.77. The predicted octanol–water partition coefficient (Wildman–Crippen LogP) is 1.64. The third kappa shape index (κ3) is 2.20. The number of carbonyl (C=O) groups excluding carboxylic acids is 1. The van der Waals surface area contributed by atoms with Gasteiger partial charge in [0.2, 0.25) is 5.91 Å². The van der Waals surface area contributed by atoms with Crippen molar-refractivity contribution >= 4 is 5.91 Å². The smallest absolute Gasteiger partial charge is 0.353 e. The average molecular weight is 258 g/mol. The minimum Gasteiger partial charge on any atom is -0.353 e. The average Bonchev–Trinajstić information content (AvgIpc) is 2.32. The number of nitrogens with one attached hydrogen (secondary N) is 2. The fourth-order valence-corrected chi connectivity index (χ4v) is 1.97. The number of hydrogen-bond donors (Lipinski definition) is 2. The molecular weight excluding hydrogens is 245 g/mol. The van der Waals surface area contributed by atoms with Gasteiger partial charge in [0.25, 0.3) is 0 Å². The van der Waals surface area contributed by atoms with E-state index in [0.29, 0.717) is 18.7 Å². The third-order valence-corrected chi connectivity index (χ3v) is 3.13.